The summed E-state index contributed by atoms with van der Waals surface area (Å²) in [6, 6.07) is 0. The van der Waals surface area contributed by atoms with E-state index in [1.807, 2.05) is 11.8 Å². The summed E-state index contributed by atoms with van der Waals surface area (Å²) >= 11 is 6.59. The highest BCUT2D eigenvalue weighted by molar-refractivity contribution is 8.00. The molecular formula is C9H16N2OS2. The van der Waals surface area contributed by atoms with Crippen LogP contribution in [0, 0.1) is 0 Å². The van der Waals surface area contributed by atoms with E-state index in [0.29, 0.717) is 0 Å². The molecule has 1 rings (SSSR count). The van der Waals surface area contributed by atoms with E-state index in [-0.39, 0.29) is 22.1 Å². The SMILES string of the molecule is CC1(CNC(=O)CC(N)=S)CCCS1. The Hall–Kier alpha value is -0.290. The molecule has 3 nitrogen and oxygen atoms in total. The second-order valence-corrected chi connectivity index (χ2v) is 6.03. The number of hydrogen-bond donors (Lipinski definition) is 2. The third-order valence-electron chi connectivity index (χ3n) is 2.29. The molecule has 5 heteroatoms. The van der Waals surface area contributed by atoms with Gasteiger partial charge in [-0.2, -0.15) is 11.8 Å². The van der Waals surface area contributed by atoms with Crippen LogP contribution in [0.1, 0.15) is 26.2 Å². The molecule has 1 fully saturated rings. The molecule has 0 aromatic heterocycles. The molecule has 1 amide bonds. The number of nitrogens with one attached hydrogen (secondary N) is 1. The van der Waals surface area contributed by atoms with Gasteiger partial charge in [0.1, 0.15) is 0 Å². The predicted molar refractivity (Wildman–Crippen MR) is 64.5 cm³/mol. The number of carbonyl (C=O) groups is 1. The standard InChI is InChI=1S/C9H16N2OS2/c1-9(3-2-4-14-9)6-11-8(12)5-7(10)13/h2-6H2,1H3,(H2,10,13)(H,11,12). The quantitative estimate of drug-likeness (QED) is 0.712. The van der Waals surface area contributed by atoms with Gasteiger partial charge >= 0.3 is 0 Å². The maximum atomic E-state index is 11.3. The molecule has 0 aromatic rings. The molecule has 0 aliphatic carbocycles. The number of rotatable bonds is 4. The van der Waals surface area contributed by atoms with Crippen LogP contribution in [-0.4, -0.2) is 27.9 Å². The number of thioether (sulfide) groups is 1. The summed E-state index contributed by atoms with van der Waals surface area (Å²) in [6.07, 6.45) is 2.58. The summed E-state index contributed by atoms with van der Waals surface area (Å²) in [4.78, 5) is 11.5. The van der Waals surface area contributed by atoms with Gasteiger partial charge < -0.3 is 11.1 Å². The number of carbonyl (C=O) groups excluding carboxylic acids is 1. The van der Waals surface area contributed by atoms with Crippen molar-refractivity contribution in [1.82, 2.24) is 5.32 Å². The Balaban J connectivity index is 2.25. The largest absolute Gasteiger partial charge is 0.393 e. The zero-order valence-electron chi connectivity index (χ0n) is 8.34. The van der Waals surface area contributed by atoms with E-state index in [2.05, 4.69) is 24.5 Å². The second-order valence-electron chi connectivity index (χ2n) is 3.82. The van der Waals surface area contributed by atoms with Crippen molar-refractivity contribution >= 4 is 34.9 Å². The Morgan fingerprint density at radius 3 is 2.93 bits per heavy atom. The zero-order chi connectivity index (χ0) is 10.6. The highest BCUT2D eigenvalue weighted by atomic mass is 32.2. The molecular weight excluding hydrogens is 216 g/mol. The number of thiocarbonyl (C=S) groups is 1. The first-order valence-corrected chi connectivity index (χ1v) is 6.10. The topological polar surface area (TPSA) is 55.1 Å². The van der Waals surface area contributed by atoms with Crippen LogP contribution < -0.4 is 11.1 Å². The fourth-order valence-electron chi connectivity index (χ4n) is 1.48. The lowest BCUT2D eigenvalue weighted by molar-refractivity contribution is -0.119. The molecule has 0 aromatic carbocycles. The second kappa shape index (κ2) is 4.98. The van der Waals surface area contributed by atoms with E-state index in [1.54, 1.807) is 0 Å². The van der Waals surface area contributed by atoms with Crippen LogP contribution in [0.2, 0.25) is 0 Å². The number of nitrogens with two attached hydrogens (primary N) is 1. The number of hydrogen-bond acceptors (Lipinski definition) is 3. The van der Waals surface area contributed by atoms with Crippen LogP contribution in [0.15, 0.2) is 0 Å². The highest BCUT2D eigenvalue weighted by Crippen LogP contribution is 2.36. The predicted octanol–water partition coefficient (Wildman–Crippen LogP) is 1.06. The molecule has 1 atom stereocenters. The Kier molecular flexibility index (Phi) is 4.19. The van der Waals surface area contributed by atoms with Crippen LogP contribution >= 0.6 is 24.0 Å². The first-order valence-electron chi connectivity index (χ1n) is 4.71. The molecule has 0 saturated carbocycles. The fourth-order valence-corrected chi connectivity index (χ4v) is 2.86. The van der Waals surface area contributed by atoms with Crippen LogP contribution in [0.4, 0.5) is 0 Å². The van der Waals surface area contributed by atoms with E-state index < -0.39 is 0 Å². The molecule has 3 N–H and O–H groups in total. The Morgan fingerprint density at radius 2 is 2.43 bits per heavy atom. The van der Waals surface area contributed by atoms with E-state index in [9.17, 15) is 4.79 Å². The Bertz CT molecular complexity index is 237. The van der Waals surface area contributed by atoms with Crippen molar-refractivity contribution in [3.8, 4) is 0 Å². The van der Waals surface area contributed by atoms with Crippen LogP contribution in [0.5, 0.6) is 0 Å². The summed E-state index contributed by atoms with van der Waals surface area (Å²) in [5, 5.41) is 2.87. The molecule has 0 radical (unpaired) electrons. The molecule has 1 unspecified atom stereocenters. The van der Waals surface area contributed by atoms with Crippen LogP contribution in [-0.2, 0) is 4.79 Å². The average Bonchev–Trinajstić information content (AvgIpc) is 2.49. The third-order valence-corrected chi connectivity index (χ3v) is 3.98. The van der Waals surface area contributed by atoms with Gasteiger partial charge in [-0.3, -0.25) is 4.79 Å². The van der Waals surface area contributed by atoms with Crippen molar-refractivity contribution in [3.63, 3.8) is 0 Å². The lowest BCUT2D eigenvalue weighted by Gasteiger charge is -2.22. The fraction of sp³-hybridized carbons (Fsp3) is 0.778. The van der Waals surface area contributed by atoms with E-state index in [0.717, 1.165) is 6.54 Å². The Labute approximate surface area is 94.2 Å². The minimum absolute atomic E-state index is 0.0637. The molecule has 0 bridgehead atoms. The summed E-state index contributed by atoms with van der Waals surface area (Å²) < 4.78 is 0.214. The molecule has 1 saturated heterocycles. The smallest absolute Gasteiger partial charge is 0.226 e. The van der Waals surface area contributed by atoms with Gasteiger partial charge in [0.15, 0.2) is 0 Å². The van der Waals surface area contributed by atoms with E-state index in [1.165, 1.54) is 18.6 Å². The minimum Gasteiger partial charge on any atom is -0.393 e. The molecule has 80 valence electrons. The van der Waals surface area contributed by atoms with Crippen LogP contribution in [0.3, 0.4) is 0 Å². The van der Waals surface area contributed by atoms with Gasteiger partial charge in [0.25, 0.3) is 0 Å². The zero-order valence-corrected chi connectivity index (χ0v) is 9.97. The lowest BCUT2D eigenvalue weighted by Crippen LogP contribution is -2.38. The van der Waals surface area contributed by atoms with Crippen molar-refractivity contribution in [3.05, 3.63) is 0 Å². The summed E-state index contributed by atoms with van der Waals surface area (Å²) in [6.45, 7) is 2.91. The third kappa shape index (κ3) is 3.84. The van der Waals surface area contributed by atoms with Crippen LogP contribution in [0.25, 0.3) is 0 Å². The van der Waals surface area contributed by atoms with Gasteiger partial charge in [0, 0.05) is 11.3 Å². The van der Waals surface area contributed by atoms with E-state index >= 15 is 0 Å². The van der Waals surface area contributed by atoms with Gasteiger partial charge in [-0.15, -0.1) is 0 Å². The monoisotopic (exact) mass is 232 g/mol. The first kappa shape index (κ1) is 11.8. The highest BCUT2D eigenvalue weighted by Gasteiger charge is 2.29. The van der Waals surface area contributed by atoms with Crippen molar-refractivity contribution < 1.29 is 4.79 Å². The maximum Gasteiger partial charge on any atom is 0.226 e. The van der Waals surface area contributed by atoms with Crippen molar-refractivity contribution in [2.45, 2.75) is 30.9 Å². The van der Waals surface area contributed by atoms with Gasteiger partial charge in [0.2, 0.25) is 5.91 Å². The number of amides is 1. The van der Waals surface area contributed by atoms with Gasteiger partial charge in [0.05, 0.1) is 11.4 Å². The first-order chi connectivity index (χ1) is 6.52. The molecule has 0 spiro atoms. The summed E-state index contributed by atoms with van der Waals surface area (Å²) in [7, 11) is 0. The normalized spacial score (nSPS) is 26.1. The molecule has 14 heavy (non-hydrogen) atoms. The van der Waals surface area contributed by atoms with Crippen molar-refractivity contribution in [1.29, 1.82) is 0 Å². The van der Waals surface area contributed by atoms with Crippen molar-refractivity contribution in [2.75, 3.05) is 12.3 Å². The summed E-state index contributed by atoms with van der Waals surface area (Å²) in [5.74, 6) is 1.13. The van der Waals surface area contributed by atoms with E-state index in [4.69, 9.17) is 5.73 Å². The lowest BCUT2D eigenvalue weighted by atomic mass is 10.1. The van der Waals surface area contributed by atoms with Gasteiger partial charge in [-0.05, 0) is 25.5 Å². The average molecular weight is 232 g/mol. The maximum absolute atomic E-state index is 11.3. The van der Waals surface area contributed by atoms with Crippen molar-refractivity contribution in [2.24, 2.45) is 5.73 Å². The molecule has 1 heterocycles. The Morgan fingerprint density at radius 1 is 1.71 bits per heavy atom. The van der Waals surface area contributed by atoms with Gasteiger partial charge in [-0.25, -0.2) is 0 Å². The van der Waals surface area contributed by atoms with Gasteiger partial charge in [-0.1, -0.05) is 12.2 Å². The molecule has 1 aliphatic heterocycles. The summed E-state index contributed by atoms with van der Waals surface area (Å²) in [5.41, 5.74) is 5.28. The minimum atomic E-state index is -0.0637. The molecule has 1 aliphatic rings.